The number of hydrogen-bond donors (Lipinski definition) is 1. The minimum atomic E-state index is 0.689. The van der Waals surface area contributed by atoms with Gasteiger partial charge in [0.15, 0.2) is 0 Å². The molecular weight excluding hydrogens is 254 g/mol. The molecule has 0 aliphatic carbocycles. The number of hydrogen-bond acceptors (Lipinski definition) is 2. The zero-order valence-electron chi connectivity index (χ0n) is 8.87. The smallest absolute Gasteiger partial charge is 0.0648 e. The average Bonchev–Trinajstić information content (AvgIpc) is 2.25. The second kappa shape index (κ2) is 7.49. The molecule has 1 rings (SSSR count). The molecule has 3 heteroatoms. The maximum absolute atomic E-state index is 5.37. The summed E-state index contributed by atoms with van der Waals surface area (Å²) in [5.74, 6) is 0. The summed E-state index contributed by atoms with van der Waals surface area (Å²) in [7, 11) is 0. The Morgan fingerprint density at radius 3 is 2.93 bits per heavy atom. The van der Waals surface area contributed by atoms with Gasteiger partial charge in [-0.3, -0.25) is 0 Å². The molecule has 1 aromatic rings. The molecule has 1 aromatic carbocycles. The number of para-hydroxylation sites is 1. The van der Waals surface area contributed by atoms with Crippen molar-refractivity contribution < 1.29 is 4.74 Å². The summed E-state index contributed by atoms with van der Waals surface area (Å²) in [6.45, 7) is 4.21. The second-order valence-corrected chi connectivity index (χ2v) is 3.90. The molecule has 0 heterocycles. The van der Waals surface area contributed by atoms with Crippen molar-refractivity contribution in [3.05, 3.63) is 40.9 Å². The van der Waals surface area contributed by atoms with Gasteiger partial charge in [-0.25, -0.2) is 0 Å². The van der Waals surface area contributed by atoms with E-state index < -0.39 is 0 Å². The van der Waals surface area contributed by atoms with Gasteiger partial charge < -0.3 is 10.1 Å². The maximum Gasteiger partial charge on any atom is 0.0648 e. The van der Waals surface area contributed by atoms with Gasteiger partial charge >= 0.3 is 0 Å². The van der Waals surface area contributed by atoms with E-state index in [1.165, 1.54) is 0 Å². The van der Waals surface area contributed by atoms with Gasteiger partial charge in [-0.05, 0) is 35.0 Å². The third kappa shape index (κ3) is 5.00. The van der Waals surface area contributed by atoms with Crippen molar-refractivity contribution in [2.24, 2.45) is 0 Å². The number of nitrogens with one attached hydrogen (secondary N) is 1. The number of halogens is 1. The van der Waals surface area contributed by atoms with Crippen molar-refractivity contribution >= 4 is 21.6 Å². The topological polar surface area (TPSA) is 21.3 Å². The van der Waals surface area contributed by atoms with Crippen molar-refractivity contribution in [3.8, 4) is 0 Å². The lowest BCUT2D eigenvalue weighted by atomic mass is 10.3. The standard InChI is InChI=1S/C12H16BrNO/c1-2-3-9-15-10-8-14-12-7-5-4-6-11(12)13/h2-7,14H,8-10H2,1H3. The normalized spacial score (nSPS) is 10.8. The lowest BCUT2D eigenvalue weighted by Gasteiger charge is -2.07. The van der Waals surface area contributed by atoms with Crippen LogP contribution in [0.15, 0.2) is 40.9 Å². The fourth-order valence-corrected chi connectivity index (χ4v) is 1.54. The Kier molecular flexibility index (Phi) is 6.12. The average molecular weight is 270 g/mol. The van der Waals surface area contributed by atoms with Crippen LogP contribution in [0.25, 0.3) is 0 Å². The summed E-state index contributed by atoms with van der Waals surface area (Å²) in [6.07, 6.45) is 3.99. The van der Waals surface area contributed by atoms with E-state index in [9.17, 15) is 0 Å². The van der Waals surface area contributed by atoms with Gasteiger partial charge in [0.1, 0.15) is 0 Å². The molecule has 0 saturated heterocycles. The lowest BCUT2D eigenvalue weighted by molar-refractivity contribution is 0.173. The Balaban J connectivity index is 2.18. The summed E-state index contributed by atoms with van der Waals surface area (Å²) in [5, 5.41) is 3.29. The first-order valence-corrected chi connectivity index (χ1v) is 5.81. The van der Waals surface area contributed by atoms with Crippen molar-refractivity contribution in [2.75, 3.05) is 25.1 Å². The highest BCUT2D eigenvalue weighted by atomic mass is 79.9. The fraction of sp³-hybridized carbons (Fsp3) is 0.333. The van der Waals surface area contributed by atoms with Crippen molar-refractivity contribution in [3.63, 3.8) is 0 Å². The first-order chi connectivity index (χ1) is 7.34. The zero-order chi connectivity index (χ0) is 10.9. The number of ether oxygens (including phenoxy) is 1. The highest BCUT2D eigenvalue weighted by Gasteiger charge is 1.95. The number of benzene rings is 1. The largest absolute Gasteiger partial charge is 0.382 e. The molecule has 1 N–H and O–H groups in total. The van der Waals surface area contributed by atoms with Gasteiger partial charge in [0.05, 0.1) is 13.2 Å². The van der Waals surface area contributed by atoms with Crippen LogP contribution >= 0.6 is 15.9 Å². The van der Waals surface area contributed by atoms with Crippen molar-refractivity contribution in [2.45, 2.75) is 6.92 Å². The summed E-state index contributed by atoms with van der Waals surface area (Å²) < 4.78 is 6.45. The van der Waals surface area contributed by atoms with E-state index in [0.29, 0.717) is 13.2 Å². The van der Waals surface area contributed by atoms with E-state index in [4.69, 9.17) is 4.74 Å². The van der Waals surface area contributed by atoms with Gasteiger partial charge in [-0.1, -0.05) is 24.3 Å². The molecular formula is C12H16BrNO. The van der Waals surface area contributed by atoms with Crippen LogP contribution in [0.3, 0.4) is 0 Å². The molecule has 2 nitrogen and oxygen atoms in total. The lowest BCUT2D eigenvalue weighted by Crippen LogP contribution is -2.09. The summed E-state index contributed by atoms with van der Waals surface area (Å²) >= 11 is 3.48. The SMILES string of the molecule is CC=CCOCCNc1ccccc1Br. The van der Waals surface area contributed by atoms with Gasteiger partial charge in [0, 0.05) is 16.7 Å². The predicted molar refractivity (Wildman–Crippen MR) is 68.3 cm³/mol. The van der Waals surface area contributed by atoms with Gasteiger partial charge in [0.25, 0.3) is 0 Å². The van der Waals surface area contributed by atoms with Crippen LogP contribution in [0.2, 0.25) is 0 Å². The molecule has 0 fully saturated rings. The monoisotopic (exact) mass is 269 g/mol. The minimum absolute atomic E-state index is 0.689. The molecule has 0 aliphatic heterocycles. The molecule has 0 atom stereocenters. The van der Waals surface area contributed by atoms with E-state index >= 15 is 0 Å². The number of allylic oxidation sites excluding steroid dienone is 1. The number of anilines is 1. The molecule has 82 valence electrons. The molecule has 0 unspecified atom stereocenters. The predicted octanol–water partition coefficient (Wildman–Crippen LogP) is 3.45. The van der Waals surface area contributed by atoms with E-state index in [1.807, 2.05) is 43.3 Å². The molecule has 0 radical (unpaired) electrons. The summed E-state index contributed by atoms with van der Waals surface area (Å²) in [4.78, 5) is 0. The first kappa shape index (κ1) is 12.3. The molecule has 0 saturated carbocycles. The Morgan fingerprint density at radius 1 is 1.40 bits per heavy atom. The van der Waals surface area contributed by atoms with Gasteiger partial charge in [-0.2, -0.15) is 0 Å². The van der Waals surface area contributed by atoms with Gasteiger partial charge in [-0.15, -0.1) is 0 Å². The fourth-order valence-electron chi connectivity index (χ4n) is 1.11. The minimum Gasteiger partial charge on any atom is -0.382 e. The van der Waals surface area contributed by atoms with Crippen LogP contribution in [-0.2, 0) is 4.74 Å². The Morgan fingerprint density at radius 2 is 2.20 bits per heavy atom. The molecule has 15 heavy (non-hydrogen) atoms. The second-order valence-electron chi connectivity index (χ2n) is 3.05. The molecule has 0 aromatic heterocycles. The number of rotatable bonds is 6. The summed E-state index contributed by atoms with van der Waals surface area (Å²) in [5.41, 5.74) is 1.10. The van der Waals surface area contributed by atoms with Crippen LogP contribution in [0.5, 0.6) is 0 Å². The third-order valence-electron chi connectivity index (χ3n) is 1.89. The van der Waals surface area contributed by atoms with Crippen LogP contribution in [0.1, 0.15) is 6.92 Å². The van der Waals surface area contributed by atoms with E-state index in [0.717, 1.165) is 16.7 Å². The molecule has 0 bridgehead atoms. The quantitative estimate of drug-likeness (QED) is 0.631. The van der Waals surface area contributed by atoms with Crippen LogP contribution in [-0.4, -0.2) is 19.8 Å². The van der Waals surface area contributed by atoms with E-state index in [2.05, 4.69) is 21.2 Å². The Labute approximate surface area is 99.5 Å². The highest BCUT2D eigenvalue weighted by molar-refractivity contribution is 9.10. The Hall–Kier alpha value is -0.800. The molecule has 0 amide bonds. The zero-order valence-corrected chi connectivity index (χ0v) is 10.5. The molecule has 0 aliphatic rings. The van der Waals surface area contributed by atoms with E-state index in [-0.39, 0.29) is 0 Å². The first-order valence-electron chi connectivity index (χ1n) is 5.02. The van der Waals surface area contributed by atoms with Crippen molar-refractivity contribution in [1.82, 2.24) is 0 Å². The third-order valence-corrected chi connectivity index (χ3v) is 2.58. The summed E-state index contributed by atoms with van der Waals surface area (Å²) in [6, 6.07) is 8.06. The maximum atomic E-state index is 5.37. The Bertz CT molecular complexity index is 312. The van der Waals surface area contributed by atoms with Crippen LogP contribution < -0.4 is 5.32 Å². The van der Waals surface area contributed by atoms with Gasteiger partial charge in [0.2, 0.25) is 0 Å². The van der Waals surface area contributed by atoms with E-state index in [1.54, 1.807) is 0 Å². The van der Waals surface area contributed by atoms with Crippen LogP contribution in [0.4, 0.5) is 5.69 Å². The highest BCUT2D eigenvalue weighted by Crippen LogP contribution is 2.20. The van der Waals surface area contributed by atoms with Crippen molar-refractivity contribution in [1.29, 1.82) is 0 Å². The molecule has 0 spiro atoms. The van der Waals surface area contributed by atoms with Crippen LogP contribution in [0, 0.1) is 0 Å².